The highest BCUT2D eigenvalue weighted by molar-refractivity contribution is 7.12. The summed E-state index contributed by atoms with van der Waals surface area (Å²) in [6.45, 7) is 0.159. The van der Waals surface area contributed by atoms with Gasteiger partial charge in [0.1, 0.15) is 6.54 Å². The van der Waals surface area contributed by atoms with Crippen molar-refractivity contribution in [2.24, 2.45) is 5.10 Å². The summed E-state index contributed by atoms with van der Waals surface area (Å²) in [5, 5.41) is 19.1. The van der Waals surface area contributed by atoms with Gasteiger partial charge in [-0.2, -0.15) is 5.10 Å². The molecular formula is C23H22N4O6S. The van der Waals surface area contributed by atoms with Crippen molar-refractivity contribution in [1.82, 2.24) is 9.91 Å². The van der Waals surface area contributed by atoms with E-state index >= 15 is 0 Å². The van der Waals surface area contributed by atoms with E-state index in [2.05, 4.69) is 5.10 Å². The molecule has 10 nitrogen and oxygen atoms in total. The predicted molar refractivity (Wildman–Crippen MR) is 125 cm³/mol. The average Bonchev–Trinajstić information content (AvgIpc) is 3.62. The van der Waals surface area contributed by atoms with Crippen molar-refractivity contribution < 1.29 is 23.7 Å². The average molecular weight is 483 g/mol. The van der Waals surface area contributed by atoms with Crippen molar-refractivity contribution in [3.8, 4) is 0 Å². The molecule has 0 saturated carbocycles. The minimum atomic E-state index is -0.535. The number of non-ortho nitro benzene ring substituents is 1. The lowest BCUT2D eigenvalue weighted by atomic mass is 10.0. The molecule has 0 unspecified atom stereocenters. The van der Waals surface area contributed by atoms with Crippen molar-refractivity contribution >= 4 is 34.6 Å². The molecule has 176 valence electrons. The highest BCUT2D eigenvalue weighted by Crippen LogP contribution is 2.35. The minimum Gasteiger partial charge on any atom is -0.459 e. The number of carbonyl (C=O) groups is 2. The van der Waals surface area contributed by atoms with Crippen LogP contribution < -0.4 is 0 Å². The van der Waals surface area contributed by atoms with Crippen molar-refractivity contribution in [1.29, 1.82) is 0 Å². The van der Waals surface area contributed by atoms with E-state index < -0.39 is 22.8 Å². The Morgan fingerprint density at radius 2 is 2.15 bits per heavy atom. The number of furan rings is 1. The molecule has 0 saturated heterocycles. The van der Waals surface area contributed by atoms with Crippen LogP contribution in [0.5, 0.6) is 0 Å². The van der Waals surface area contributed by atoms with E-state index in [0.717, 1.165) is 4.88 Å². The van der Waals surface area contributed by atoms with Gasteiger partial charge in [0.05, 0.1) is 34.4 Å². The van der Waals surface area contributed by atoms with Crippen LogP contribution in [0.25, 0.3) is 0 Å². The molecule has 1 aromatic carbocycles. The third-order valence-electron chi connectivity index (χ3n) is 5.35. The zero-order valence-electron chi connectivity index (χ0n) is 18.3. The lowest BCUT2D eigenvalue weighted by Crippen LogP contribution is -2.42. The smallest absolute Gasteiger partial charge is 0.290 e. The number of nitrogens with zero attached hydrogens (tertiary/aromatic N) is 4. The third-order valence-corrected chi connectivity index (χ3v) is 6.27. The molecule has 0 fully saturated rings. The number of hydrazone groups is 1. The first-order valence-electron chi connectivity index (χ1n) is 10.5. The number of nitro benzene ring substituents is 1. The molecule has 0 aliphatic carbocycles. The fourth-order valence-electron chi connectivity index (χ4n) is 3.68. The molecule has 11 heteroatoms. The number of hydrogen-bond donors (Lipinski definition) is 0. The van der Waals surface area contributed by atoms with E-state index in [0.29, 0.717) is 17.7 Å². The van der Waals surface area contributed by atoms with Gasteiger partial charge in [-0.25, -0.2) is 5.01 Å². The molecule has 0 N–H and O–H groups in total. The van der Waals surface area contributed by atoms with Gasteiger partial charge in [0.25, 0.3) is 17.5 Å². The predicted octanol–water partition coefficient (Wildman–Crippen LogP) is 3.72. The SMILES string of the molecule is COCCN(CC(=O)N1N=C(c2cccs2)C[C@H]1c1cccc([N+](=O)[O-])c1)C(=O)c1ccco1. The van der Waals surface area contributed by atoms with Crippen LogP contribution in [0.15, 0.2) is 69.7 Å². The van der Waals surface area contributed by atoms with Crippen molar-refractivity contribution in [2.75, 3.05) is 26.8 Å². The Morgan fingerprint density at radius 1 is 1.29 bits per heavy atom. The number of thiophene rings is 1. The van der Waals surface area contributed by atoms with E-state index in [9.17, 15) is 19.7 Å². The van der Waals surface area contributed by atoms with E-state index in [1.807, 2.05) is 17.5 Å². The van der Waals surface area contributed by atoms with Crippen LogP contribution in [-0.2, 0) is 9.53 Å². The summed E-state index contributed by atoms with van der Waals surface area (Å²) in [7, 11) is 1.51. The van der Waals surface area contributed by atoms with Gasteiger partial charge in [-0.15, -0.1) is 11.3 Å². The van der Waals surface area contributed by atoms with Crippen LogP contribution in [0.2, 0.25) is 0 Å². The Kier molecular flexibility index (Phi) is 7.14. The van der Waals surface area contributed by atoms with Gasteiger partial charge in [0.15, 0.2) is 5.76 Å². The zero-order chi connectivity index (χ0) is 24.1. The fourth-order valence-corrected chi connectivity index (χ4v) is 4.40. The number of amides is 2. The van der Waals surface area contributed by atoms with Crippen molar-refractivity contribution in [2.45, 2.75) is 12.5 Å². The number of hydrogen-bond acceptors (Lipinski definition) is 8. The molecule has 3 heterocycles. The molecule has 0 radical (unpaired) electrons. The molecule has 3 aromatic rings. The van der Waals surface area contributed by atoms with E-state index in [4.69, 9.17) is 9.15 Å². The first kappa shape index (κ1) is 23.3. The Balaban J connectivity index is 1.62. The summed E-state index contributed by atoms with van der Waals surface area (Å²) in [5.74, 6) is -0.744. The first-order chi connectivity index (χ1) is 16.5. The van der Waals surface area contributed by atoms with E-state index in [1.54, 1.807) is 18.2 Å². The number of rotatable bonds is 9. The highest BCUT2D eigenvalue weighted by atomic mass is 32.1. The van der Waals surface area contributed by atoms with Gasteiger partial charge in [0, 0.05) is 32.2 Å². The summed E-state index contributed by atoms with van der Waals surface area (Å²) in [6, 6.07) is 12.6. The van der Waals surface area contributed by atoms with Gasteiger partial charge in [-0.05, 0) is 29.1 Å². The lowest BCUT2D eigenvalue weighted by molar-refractivity contribution is -0.385. The zero-order valence-corrected chi connectivity index (χ0v) is 19.1. The van der Waals surface area contributed by atoms with Crippen LogP contribution in [0, 0.1) is 10.1 Å². The molecule has 1 atom stereocenters. The van der Waals surface area contributed by atoms with Crippen LogP contribution in [-0.4, -0.2) is 59.2 Å². The number of methoxy groups -OCH3 is 1. The number of ether oxygens (including phenoxy) is 1. The van der Waals surface area contributed by atoms with Crippen molar-refractivity contribution in [3.05, 3.63) is 86.5 Å². The molecular weight excluding hydrogens is 460 g/mol. The summed E-state index contributed by atoms with van der Waals surface area (Å²) in [4.78, 5) is 39.4. The lowest BCUT2D eigenvalue weighted by Gasteiger charge is -2.26. The summed E-state index contributed by atoms with van der Waals surface area (Å²) < 4.78 is 10.3. The monoisotopic (exact) mass is 482 g/mol. The summed E-state index contributed by atoms with van der Waals surface area (Å²) in [6.07, 6.45) is 1.79. The quantitative estimate of drug-likeness (QED) is 0.339. The number of nitro groups is 1. The van der Waals surface area contributed by atoms with Crippen LogP contribution in [0.4, 0.5) is 5.69 Å². The van der Waals surface area contributed by atoms with Crippen LogP contribution in [0.3, 0.4) is 0 Å². The summed E-state index contributed by atoms with van der Waals surface area (Å²) >= 11 is 1.50. The van der Waals surface area contributed by atoms with Gasteiger partial charge in [-0.1, -0.05) is 18.2 Å². The third kappa shape index (κ3) is 5.05. The molecule has 1 aliphatic rings. The van der Waals surface area contributed by atoms with Gasteiger partial charge in [0.2, 0.25) is 0 Å². The Morgan fingerprint density at radius 3 is 2.82 bits per heavy atom. The largest absolute Gasteiger partial charge is 0.459 e. The standard InChI is InChI=1S/C23H22N4O6S/c1-32-11-9-25(23(29)20-7-3-10-33-20)15-22(28)26-19(14-18(24-26)21-8-4-12-34-21)16-5-2-6-17(13-16)27(30)31/h2-8,10,12-13,19H,9,11,14-15H2,1H3/t19-/m0/s1. The molecule has 0 spiro atoms. The van der Waals surface area contributed by atoms with E-state index in [-0.39, 0.29) is 31.1 Å². The first-order valence-corrected chi connectivity index (χ1v) is 11.4. The Hall–Kier alpha value is -3.83. The van der Waals surface area contributed by atoms with Crippen LogP contribution in [0.1, 0.15) is 33.5 Å². The van der Waals surface area contributed by atoms with Gasteiger partial charge in [-0.3, -0.25) is 19.7 Å². The molecule has 4 rings (SSSR count). The number of carbonyl (C=O) groups excluding carboxylic acids is 2. The maximum atomic E-state index is 13.4. The molecule has 2 aromatic heterocycles. The minimum absolute atomic E-state index is 0.0656. The Bertz CT molecular complexity index is 1190. The topological polar surface area (TPSA) is 118 Å². The second-order valence-electron chi connectivity index (χ2n) is 7.53. The maximum Gasteiger partial charge on any atom is 0.290 e. The highest BCUT2D eigenvalue weighted by Gasteiger charge is 2.35. The molecule has 34 heavy (non-hydrogen) atoms. The molecule has 1 aliphatic heterocycles. The Labute approximate surface area is 199 Å². The van der Waals surface area contributed by atoms with Crippen molar-refractivity contribution in [3.63, 3.8) is 0 Å². The van der Waals surface area contributed by atoms with Crippen LogP contribution >= 0.6 is 11.3 Å². The normalized spacial score (nSPS) is 15.3. The second kappa shape index (κ2) is 10.4. The van der Waals surface area contributed by atoms with E-state index in [1.165, 1.54) is 52.8 Å². The summed E-state index contributed by atoms with van der Waals surface area (Å²) in [5.41, 5.74) is 1.24. The molecule has 2 amide bonds. The fraction of sp³-hybridized carbons (Fsp3) is 0.261. The van der Waals surface area contributed by atoms with Gasteiger partial charge < -0.3 is 14.1 Å². The molecule has 0 bridgehead atoms. The number of benzene rings is 1. The van der Waals surface area contributed by atoms with Gasteiger partial charge >= 0.3 is 0 Å². The maximum absolute atomic E-state index is 13.4. The second-order valence-corrected chi connectivity index (χ2v) is 8.48.